The fourth-order valence-corrected chi connectivity index (χ4v) is 1.55. The number of carbonyl (C=O) groups is 3. The van der Waals surface area contributed by atoms with Crippen LogP contribution in [0.5, 0.6) is 0 Å². The molecule has 0 aromatic rings. The van der Waals surface area contributed by atoms with Gasteiger partial charge in [-0.2, -0.15) is 0 Å². The minimum absolute atomic E-state index is 0. The Labute approximate surface area is 113 Å². The van der Waals surface area contributed by atoms with E-state index < -0.39 is 36.2 Å². The van der Waals surface area contributed by atoms with E-state index in [4.69, 9.17) is 9.84 Å². The van der Waals surface area contributed by atoms with Crippen LogP contribution in [0.25, 0.3) is 0 Å². The second-order valence-corrected chi connectivity index (χ2v) is 3.95. The standard InChI is InChI=1S/C10H16N2O5.2CH4/c1-4-6-7(17-10(16)11-6)8(13)12(3)5(2)9(14)15;;/h5-7H,4H2,1-3H3,(H,11,16)(H,14,15);2*1H4. The molecule has 2 amide bonds. The number of alkyl carbamates (subject to hydrolysis) is 1. The summed E-state index contributed by atoms with van der Waals surface area (Å²) in [7, 11) is 1.37. The van der Waals surface area contributed by atoms with Crippen LogP contribution in [0.3, 0.4) is 0 Å². The van der Waals surface area contributed by atoms with Gasteiger partial charge < -0.3 is 20.1 Å². The van der Waals surface area contributed by atoms with Gasteiger partial charge >= 0.3 is 12.1 Å². The zero-order valence-corrected chi connectivity index (χ0v) is 9.97. The molecular formula is C12H24N2O5. The molecule has 1 aliphatic rings. The first-order valence-corrected chi connectivity index (χ1v) is 5.35. The van der Waals surface area contributed by atoms with E-state index in [9.17, 15) is 14.4 Å². The maximum atomic E-state index is 12.0. The molecule has 7 nitrogen and oxygen atoms in total. The number of hydrogen-bond acceptors (Lipinski definition) is 4. The van der Waals surface area contributed by atoms with Crippen LogP contribution < -0.4 is 5.32 Å². The van der Waals surface area contributed by atoms with E-state index in [1.165, 1.54) is 14.0 Å². The number of hydrogen-bond donors (Lipinski definition) is 2. The molecular weight excluding hydrogens is 252 g/mol. The molecule has 7 heteroatoms. The summed E-state index contributed by atoms with van der Waals surface area (Å²) >= 11 is 0. The van der Waals surface area contributed by atoms with Crippen molar-refractivity contribution in [3.05, 3.63) is 0 Å². The summed E-state index contributed by atoms with van der Waals surface area (Å²) in [5.41, 5.74) is 0. The van der Waals surface area contributed by atoms with Crippen LogP contribution in [-0.4, -0.2) is 53.2 Å². The first-order valence-electron chi connectivity index (χ1n) is 5.35. The molecule has 0 aromatic heterocycles. The van der Waals surface area contributed by atoms with Gasteiger partial charge in [0.25, 0.3) is 5.91 Å². The average molecular weight is 276 g/mol. The lowest BCUT2D eigenvalue weighted by Gasteiger charge is -2.25. The summed E-state index contributed by atoms with van der Waals surface area (Å²) in [5.74, 6) is -1.61. The van der Waals surface area contributed by atoms with Crippen LogP contribution in [0.15, 0.2) is 0 Å². The first kappa shape index (κ1) is 19.5. The molecule has 1 saturated heterocycles. The fraction of sp³-hybridized carbons (Fsp3) is 0.750. The van der Waals surface area contributed by atoms with Gasteiger partial charge in [0.1, 0.15) is 6.04 Å². The van der Waals surface area contributed by atoms with Gasteiger partial charge in [0.2, 0.25) is 6.10 Å². The van der Waals surface area contributed by atoms with E-state index in [2.05, 4.69) is 5.32 Å². The van der Waals surface area contributed by atoms with Crippen molar-refractivity contribution < 1.29 is 24.2 Å². The molecule has 1 heterocycles. The second kappa shape index (κ2) is 7.60. The molecule has 0 radical (unpaired) electrons. The number of ether oxygens (including phenoxy) is 1. The SMILES string of the molecule is C.C.CCC1NC(=O)OC1C(=O)N(C)C(C)C(=O)O. The third kappa shape index (κ3) is 4.11. The average Bonchev–Trinajstić information content (AvgIpc) is 2.67. The third-order valence-corrected chi connectivity index (χ3v) is 2.87. The minimum atomic E-state index is -1.11. The lowest BCUT2D eigenvalue weighted by molar-refractivity contribution is -0.151. The van der Waals surface area contributed by atoms with Crippen molar-refractivity contribution >= 4 is 18.0 Å². The molecule has 19 heavy (non-hydrogen) atoms. The summed E-state index contributed by atoms with van der Waals surface area (Å²) < 4.78 is 4.84. The van der Waals surface area contributed by atoms with E-state index in [0.29, 0.717) is 6.42 Å². The van der Waals surface area contributed by atoms with Gasteiger partial charge in [-0.25, -0.2) is 9.59 Å². The number of aliphatic carboxylic acids is 1. The van der Waals surface area contributed by atoms with Crippen LogP contribution in [-0.2, 0) is 14.3 Å². The topological polar surface area (TPSA) is 95.9 Å². The maximum absolute atomic E-state index is 12.0. The van der Waals surface area contributed by atoms with Crippen LogP contribution in [0.1, 0.15) is 35.1 Å². The third-order valence-electron chi connectivity index (χ3n) is 2.87. The van der Waals surface area contributed by atoms with E-state index in [-0.39, 0.29) is 14.9 Å². The number of nitrogens with one attached hydrogen (secondary N) is 1. The van der Waals surface area contributed by atoms with Gasteiger partial charge in [-0.15, -0.1) is 0 Å². The van der Waals surface area contributed by atoms with Gasteiger partial charge in [0.15, 0.2) is 0 Å². The molecule has 0 aliphatic carbocycles. The number of carboxylic acid groups (broad SMARTS) is 1. The number of likely N-dealkylation sites (N-methyl/N-ethyl adjacent to an activating group) is 1. The van der Waals surface area contributed by atoms with Gasteiger partial charge in [0.05, 0.1) is 6.04 Å². The van der Waals surface area contributed by atoms with Crippen molar-refractivity contribution in [2.45, 2.75) is 53.3 Å². The Morgan fingerprint density at radius 2 is 2.00 bits per heavy atom. The van der Waals surface area contributed by atoms with Gasteiger partial charge in [-0.1, -0.05) is 21.8 Å². The molecule has 1 fully saturated rings. The summed E-state index contributed by atoms with van der Waals surface area (Å²) in [6.07, 6.45) is -1.05. The molecule has 0 saturated carbocycles. The number of carboxylic acids is 1. The van der Waals surface area contributed by atoms with Crippen molar-refractivity contribution in [2.75, 3.05) is 7.05 Å². The lowest BCUT2D eigenvalue weighted by Crippen LogP contribution is -2.49. The van der Waals surface area contributed by atoms with Crippen molar-refractivity contribution in [3.63, 3.8) is 0 Å². The Balaban J connectivity index is 0. The highest BCUT2D eigenvalue weighted by Crippen LogP contribution is 2.15. The van der Waals surface area contributed by atoms with Crippen molar-refractivity contribution in [3.8, 4) is 0 Å². The van der Waals surface area contributed by atoms with Gasteiger partial charge in [-0.3, -0.25) is 4.79 Å². The molecule has 3 atom stereocenters. The summed E-state index contributed by atoms with van der Waals surface area (Å²) in [6.45, 7) is 3.20. The number of nitrogens with zero attached hydrogens (tertiary/aromatic N) is 1. The Bertz CT molecular complexity index is 345. The van der Waals surface area contributed by atoms with Crippen LogP contribution in [0.4, 0.5) is 4.79 Å². The highest BCUT2D eigenvalue weighted by atomic mass is 16.6. The molecule has 1 aliphatic heterocycles. The van der Waals surface area contributed by atoms with E-state index in [1.54, 1.807) is 6.92 Å². The van der Waals surface area contributed by atoms with E-state index >= 15 is 0 Å². The smallest absolute Gasteiger partial charge is 0.408 e. The van der Waals surface area contributed by atoms with Crippen molar-refractivity contribution in [1.82, 2.24) is 10.2 Å². The van der Waals surface area contributed by atoms with Gasteiger partial charge in [0, 0.05) is 7.05 Å². The summed E-state index contributed by atoms with van der Waals surface area (Å²) in [5, 5.41) is 11.3. The van der Waals surface area contributed by atoms with E-state index in [0.717, 1.165) is 4.90 Å². The van der Waals surface area contributed by atoms with Crippen LogP contribution in [0, 0.1) is 0 Å². The molecule has 2 N–H and O–H groups in total. The predicted molar refractivity (Wildman–Crippen MR) is 70.8 cm³/mol. The zero-order chi connectivity index (χ0) is 13.2. The van der Waals surface area contributed by atoms with Crippen molar-refractivity contribution in [1.29, 1.82) is 0 Å². The predicted octanol–water partition coefficient (Wildman–Crippen LogP) is 1.08. The van der Waals surface area contributed by atoms with Crippen LogP contribution >= 0.6 is 0 Å². The Morgan fingerprint density at radius 1 is 1.47 bits per heavy atom. The minimum Gasteiger partial charge on any atom is -0.480 e. The zero-order valence-electron chi connectivity index (χ0n) is 9.97. The molecule has 0 spiro atoms. The number of cyclic esters (lactones) is 1. The monoisotopic (exact) mass is 276 g/mol. The highest BCUT2D eigenvalue weighted by molar-refractivity contribution is 5.90. The molecule has 3 unspecified atom stereocenters. The second-order valence-electron chi connectivity index (χ2n) is 3.95. The largest absolute Gasteiger partial charge is 0.480 e. The fourth-order valence-electron chi connectivity index (χ4n) is 1.55. The molecule has 0 bridgehead atoms. The number of rotatable bonds is 4. The maximum Gasteiger partial charge on any atom is 0.408 e. The molecule has 0 aromatic carbocycles. The summed E-state index contributed by atoms with van der Waals surface area (Å²) in [4.78, 5) is 34.8. The number of amides is 2. The quantitative estimate of drug-likeness (QED) is 0.801. The summed E-state index contributed by atoms with van der Waals surface area (Å²) in [6, 6.07) is -1.36. The normalized spacial score (nSPS) is 22.2. The Hall–Kier alpha value is -1.79. The van der Waals surface area contributed by atoms with E-state index in [1.807, 2.05) is 0 Å². The number of carbonyl (C=O) groups excluding carboxylic acids is 2. The van der Waals surface area contributed by atoms with Crippen LogP contribution in [0.2, 0.25) is 0 Å². The molecule has 1 rings (SSSR count). The highest BCUT2D eigenvalue weighted by Gasteiger charge is 2.41. The van der Waals surface area contributed by atoms with Gasteiger partial charge in [-0.05, 0) is 13.3 Å². The Kier molecular flexibility index (Phi) is 7.82. The lowest BCUT2D eigenvalue weighted by atomic mass is 10.1. The molecule has 112 valence electrons. The first-order chi connectivity index (χ1) is 7.88. The van der Waals surface area contributed by atoms with Crippen molar-refractivity contribution in [2.24, 2.45) is 0 Å². The Morgan fingerprint density at radius 3 is 2.42 bits per heavy atom.